The van der Waals surface area contributed by atoms with Crippen molar-refractivity contribution >= 4 is 17.6 Å². The first-order valence-electron chi connectivity index (χ1n) is 12.4. The smallest absolute Gasteiger partial charge is 0.406 e. The summed E-state index contributed by atoms with van der Waals surface area (Å²) in [5.41, 5.74) is -0.276. The van der Waals surface area contributed by atoms with Gasteiger partial charge in [0.2, 0.25) is 5.91 Å². The van der Waals surface area contributed by atoms with Crippen molar-refractivity contribution in [1.29, 1.82) is 0 Å². The number of alkyl halides is 5. The third kappa shape index (κ3) is 9.16. The number of anilines is 1. The van der Waals surface area contributed by atoms with E-state index in [0.29, 0.717) is 25.9 Å². The van der Waals surface area contributed by atoms with Crippen LogP contribution in [0.25, 0.3) is 0 Å². The second kappa shape index (κ2) is 12.5. The maximum Gasteiger partial charge on any atom is 0.573 e. The largest absolute Gasteiger partial charge is 0.573 e. The number of nitrogens with zero attached hydrogens (tertiary/aromatic N) is 7. The molecule has 0 bridgehead atoms. The molecule has 0 unspecified atom stereocenters. The van der Waals surface area contributed by atoms with Crippen LogP contribution in [0, 0.1) is 5.82 Å². The van der Waals surface area contributed by atoms with Crippen LogP contribution in [-0.4, -0.2) is 78.6 Å². The number of ether oxygens (including phenoxy) is 1. The molecular weight excluding hydrogens is 564 g/mol. The topological polar surface area (TPSA) is 132 Å². The molecule has 3 aromatic rings. The standard InChI is InChI=1S/C23H25F6N9O3/c24-17-4-3-16(41-23(27,28)29)9-15(17)10-30-21(40)18-11-37(34-32-18)6-1-2-7-38-12-19(33-35-38)31-20(39)13-36-8-5-22(25,26)14-36/h3-4,9,11-12H,1-2,5-8,10,13-14H2,(H,30,40)(H,31,39). The second-order valence-corrected chi connectivity index (χ2v) is 9.29. The summed E-state index contributed by atoms with van der Waals surface area (Å²) >= 11 is 0. The number of halogens is 6. The number of carbonyl (C=O) groups is 2. The first kappa shape index (κ1) is 29.8. The van der Waals surface area contributed by atoms with Gasteiger partial charge in [-0.2, -0.15) is 0 Å². The number of likely N-dealkylation sites (tertiary alicyclic amines) is 1. The Kier molecular flexibility index (Phi) is 9.09. The lowest BCUT2D eigenvalue weighted by atomic mass is 10.2. The molecule has 1 aliphatic heterocycles. The average molecular weight is 590 g/mol. The molecule has 0 radical (unpaired) electrons. The zero-order valence-corrected chi connectivity index (χ0v) is 21.4. The van der Waals surface area contributed by atoms with Crippen molar-refractivity contribution < 1.29 is 40.7 Å². The molecule has 1 fully saturated rings. The van der Waals surface area contributed by atoms with Crippen LogP contribution in [0.3, 0.4) is 0 Å². The van der Waals surface area contributed by atoms with E-state index in [4.69, 9.17) is 0 Å². The maximum atomic E-state index is 13.9. The molecule has 0 aliphatic carbocycles. The number of hydrogen-bond donors (Lipinski definition) is 2. The number of aryl methyl sites for hydroxylation is 2. The van der Waals surface area contributed by atoms with Gasteiger partial charge in [-0.05, 0) is 31.0 Å². The number of unbranched alkanes of at least 4 members (excludes halogenated alkanes) is 1. The lowest BCUT2D eigenvalue weighted by Crippen LogP contribution is -2.33. The van der Waals surface area contributed by atoms with Crippen molar-refractivity contribution in [2.75, 3.05) is 25.0 Å². The fourth-order valence-electron chi connectivity index (χ4n) is 4.00. The molecule has 41 heavy (non-hydrogen) atoms. The summed E-state index contributed by atoms with van der Waals surface area (Å²) in [5, 5.41) is 20.3. The Hall–Kier alpha value is -4.22. The zero-order valence-electron chi connectivity index (χ0n) is 21.4. The van der Waals surface area contributed by atoms with Crippen LogP contribution in [0.2, 0.25) is 0 Å². The van der Waals surface area contributed by atoms with Gasteiger partial charge >= 0.3 is 6.36 Å². The normalized spacial score (nSPS) is 15.2. The summed E-state index contributed by atoms with van der Waals surface area (Å²) < 4.78 is 84.3. The van der Waals surface area contributed by atoms with Gasteiger partial charge in [-0.1, -0.05) is 10.4 Å². The summed E-state index contributed by atoms with van der Waals surface area (Å²) in [6.45, 7) is -0.0355. The van der Waals surface area contributed by atoms with Crippen molar-refractivity contribution in [3.63, 3.8) is 0 Å². The molecule has 1 saturated heterocycles. The van der Waals surface area contributed by atoms with Crippen LogP contribution in [0.15, 0.2) is 30.6 Å². The summed E-state index contributed by atoms with van der Waals surface area (Å²) in [5.74, 6) is -5.18. The summed E-state index contributed by atoms with van der Waals surface area (Å²) in [6.07, 6.45) is -1.10. The first-order valence-corrected chi connectivity index (χ1v) is 12.4. The van der Waals surface area contributed by atoms with Crippen LogP contribution in [0.4, 0.5) is 32.2 Å². The number of amides is 2. The van der Waals surface area contributed by atoms with E-state index in [2.05, 4.69) is 36.0 Å². The Labute approximate surface area is 228 Å². The first-order chi connectivity index (χ1) is 19.3. The van der Waals surface area contributed by atoms with Crippen LogP contribution in [-0.2, 0) is 24.4 Å². The van der Waals surface area contributed by atoms with Gasteiger partial charge in [0.15, 0.2) is 11.5 Å². The molecule has 2 amide bonds. The van der Waals surface area contributed by atoms with E-state index in [1.807, 2.05) is 0 Å². The van der Waals surface area contributed by atoms with E-state index in [-0.39, 0.29) is 36.6 Å². The summed E-state index contributed by atoms with van der Waals surface area (Å²) in [6, 6.07) is 2.46. The van der Waals surface area contributed by atoms with Crippen molar-refractivity contribution in [2.24, 2.45) is 0 Å². The maximum absolute atomic E-state index is 13.9. The predicted molar refractivity (Wildman–Crippen MR) is 128 cm³/mol. The van der Waals surface area contributed by atoms with Crippen LogP contribution >= 0.6 is 0 Å². The highest BCUT2D eigenvalue weighted by atomic mass is 19.4. The van der Waals surface area contributed by atoms with Gasteiger partial charge in [0.1, 0.15) is 11.6 Å². The van der Waals surface area contributed by atoms with E-state index in [1.165, 1.54) is 26.7 Å². The van der Waals surface area contributed by atoms with Gasteiger partial charge in [-0.3, -0.25) is 23.9 Å². The molecule has 1 aliphatic rings. The van der Waals surface area contributed by atoms with Crippen molar-refractivity contribution in [2.45, 2.75) is 51.2 Å². The van der Waals surface area contributed by atoms with Crippen LogP contribution in [0.5, 0.6) is 5.75 Å². The van der Waals surface area contributed by atoms with Gasteiger partial charge < -0.3 is 15.4 Å². The quantitative estimate of drug-likeness (QED) is 0.244. The SMILES string of the molecule is O=C(CN1CCC(F)(F)C1)Nc1cn(CCCCn2cc(C(=O)NCc3cc(OC(F)(F)F)ccc3F)nn2)nn1. The predicted octanol–water partition coefficient (Wildman–Crippen LogP) is 2.60. The molecule has 0 saturated carbocycles. The lowest BCUT2D eigenvalue weighted by molar-refractivity contribution is -0.274. The lowest BCUT2D eigenvalue weighted by Gasteiger charge is -2.14. The monoisotopic (exact) mass is 589 g/mol. The van der Waals surface area contributed by atoms with E-state index < -0.39 is 48.8 Å². The Morgan fingerprint density at radius 3 is 2.44 bits per heavy atom. The number of benzene rings is 1. The highest BCUT2D eigenvalue weighted by Crippen LogP contribution is 2.26. The van der Waals surface area contributed by atoms with Crippen molar-refractivity contribution in [1.82, 2.24) is 40.2 Å². The Morgan fingerprint density at radius 2 is 1.76 bits per heavy atom. The van der Waals surface area contributed by atoms with E-state index in [1.54, 1.807) is 0 Å². The van der Waals surface area contributed by atoms with E-state index >= 15 is 0 Å². The number of carbonyl (C=O) groups excluding carboxylic acids is 2. The number of rotatable bonds is 12. The summed E-state index contributed by atoms with van der Waals surface area (Å²) in [7, 11) is 0. The van der Waals surface area contributed by atoms with Gasteiger partial charge in [0.25, 0.3) is 11.8 Å². The van der Waals surface area contributed by atoms with Gasteiger partial charge in [-0.15, -0.1) is 23.4 Å². The van der Waals surface area contributed by atoms with Gasteiger partial charge in [0, 0.05) is 38.2 Å². The fourth-order valence-corrected chi connectivity index (χ4v) is 4.00. The highest BCUT2D eigenvalue weighted by Gasteiger charge is 2.38. The molecule has 18 heteroatoms. The molecule has 222 valence electrons. The number of hydrogen-bond acceptors (Lipinski definition) is 8. The van der Waals surface area contributed by atoms with Crippen molar-refractivity contribution in [3.05, 3.63) is 47.7 Å². The Morgan fingerprint density at radius 1 is 1.05 bits per heavy atom. The number of aromatic nitrogens is 6. The zero-order chi connectivity index (χ0) is 29.6. The molecule has 0 atom stereocenters. The van der Waals surface area contributed by atoms with Crippen molar-refractivity contribution in [3.8, 4) is 5.75 Å². The molecule has 1 aromatic carbocycles. The van der Waals surface area contributed by atoms with Crippen LogP contribution in [0.1, 0.15) is 35.3 Å². The Balaban J connectivity index is 1.16. The van der Waals surface area contributed by atoms with Crippen LogP contribution < -0.4 is 15.4 Å². The minimum atomic E-state index is -4.94. The third-order valence-corrected chi connectivity index (χ3v) is 5.91. The second-order valence-electron chi connectivity index (χ2n) is 9.29. The molecule has 12 nitrogen and oxygen atoms in total. The third-order valence-electron chi connectivity index (χ3n) is 5.91. The molecule has 4 rings (SSSR count). The number of nitrogens with one attached hydrogen (secondary N) is 2. The summed E-state index contributed by atoms with van der Waals surface area (Å²) in [4.78, 5) is 25.8. The molecule has 2 N–H and O–H groups in total. The fraction of sp³-hybridized carbons (Fsp3) is 0.478. The Bertz CT molecular complexity index is 1360. The minimum Gasteiger partial charge on any atom is -0.406 e. The minimum absolute atomic E-state index is 0.0672. The van der Waals surface area contributed by atoms with E-state index in [9.17, 15) is 35.9 Å². The average Bonchev–Trinajstić information content (AvgIpc) is 3.61. The van der Waals surface area contributed by atoms with Gasteiger partial charge in [0.05, 0.1) is 25.5 Å². The van der Waals surface area contributed by atoms with Gasteiger partial charge in [-0.25, -0.2) is 13.2 Å². The molecular formula is C23H25F6N9O3. The molecule has 2 aromatic heterocycles. The molecule has 0 spiro atoms. The highest BCUT2D eigenvalue weighted by molar-refractivity contribution is 5.92. The molecule has 3 heterocycles. The van der Waals surface area contributed by atoms with E-state index in [0.717, 1.165) is 18.2 Å².